The van der Waals surface area contributed by atoms with Gasteiger partial charge in [0, 0.05) is 68.0 Å². The lowest BCUT2D eigenvalue weighted by molar-refractivity contribution is -0.123. The zero-order chi connectivity index (χ0) is 33.4. The molecular formula is C34H35FN10O2S. The topological polar surface area (TPSA) is 148 Å². The lowest BCUT2D eigenvalue weighted by atomic mass is 10.0. The molecular weight excluding hydrogens is 632 g/mol. The van der Waals surface area contributed by atoms with Gasteiger partial charge in [-0.25, -0.2) is 24.3 Å². The molecule has 2 saturated heterocycles. The first kappa shape index (κ1) is 31.6. The molecule has 5 aromatic rings. The molecule has 2 atom stereocenters. The number of rotatable bonds is 8. The van der Waals surface area contributed by atoms with Crippen molar-refractivity contribution >= 4 is 39.8 Å². The van der Waals surface area contributed by atoms with E-state index in [2.05, 4.69) is 21.6 Å². The molecule has 1 amide bonds. The Balaban J connectivity index is 1.08. The van der Waals surface area contributed by atoms with E-state index in [9.17, 15) is 19.6 Å². The van der Waals surface area contributed by atoms with Crippen LogP contribution in [0.1, 0.15) is 36.8 Å². The van der Waals surface area contributed by atoms with Gasteiger partial charge in [0.2, 0.25) is 11.9 Å². The summed E-state index contributed by atoms with van der Waals surface area (Å²) in [5.41, 5.74) is 4.63. The molecule has 6 heterocycles. The highest BCUT2D eigenvalue weighted by Gasteiger charge is 2.30. The molecule has 12 nitrogen and oxygen atoms in total. The SMILES string of the molecule is CCc1nc2ccc(-c3cnc(N4CCC(NC(=O)C5C[C@H](O)CN5)CC4)nc3)cn2c1N(C)c1nc(-c2ccc(F)cc2)c(C#N)s1. The Kier molecular flexibility index (Phi) is 8.74. The van der Waals surface area contributed by atoms with Crippen molar-refractivity contribution in [2.45, 2.75) is 50.8 Å². The van der Waals surface area contributed by atoms with E-state index < -0.39 is 6.10 Å². The standard InChI is InChI=1S/C34H35FN10O2S/c1-3-26-32(43(2)34-42-30(28(15-36)48-34)20-4-7-23(35)8-5-20)45-19-21(6-9-29(45)41-26)22-16-38-33(39-17-22)44-12-10-24(11-13-44)40-31(47)27-14-25(46)18-37-27/h4-9,16-17,19,24-25,27,37,46H,3,10-14,18H2,1-2H3,(H,40,47)/t25-,27?/m0/s1. The second kappa shape index (κ2) is 13.3. The number of carbonyl (C=O) groups excluding carboxylic acids is 1. The molecule has 0 radical (unpaired) electrons. The number of aliphatic hydroxyl groups excluding tert-OH is 1. The summed E-state index contributed by atoms with van der Waals surface area (Å²) in [6.07, 6.45) is 7.92. The number of nitrogens with zero attached hydrogens (tertiary/aromatic N) is 8. The van der Waals surface area contributed by atoms with Crippen LogP contribution < -0.4 is 20.4 Å². The van der Waals surface area contributed by atoms with Crippen LogP contribution in [0, 0.1) is 17.1 Å². The van der Waals surface area contributed by atoms with Crippen LogP contribution in [0.3, 0.4) is 0 Å². The fourth-order valence-corrected chi connectivity index (χ4v) is 7.19. The highest BCUT2D eigenvalue weighted by Crippen LogP contribution is 2.37. The van der Waals surface area contributed by atoms with Gasteiger partial charge in [-0.1, -0.05) is 18.3 Å². The number of aliphatic hydroxyl groups is 1. The monoisotopic (exact) mass is 666 g/mol. The van der Waals surface area contributed by atoms with E-state index in [4.69, 9.17) is 19.9 Å². The van der Waals surface area contributed by atoms with Crippen molar-refractivity contribution in [1.29, 1.82) is 5.26 Å². The summed E-state index contributed by atoms with van der Waals surface area (Å²) in [5, 5.41) is 26.4. The number of aryl methyl sites for hydroxylation is 1. The fraction of sp³-hybridized carbons (Fsp3) is 0.353. The van der Waals surface area contributed by atoms with Crippen molar-refractivity contribution in [1.82, 2.24) is 35.0 Å². The number of anilines is 3. The largest absolute Gasteiger partial charge is 0.392 e. The predicted octanol–water partition coefficient (Wildman–Crippen LogP) is 4.06. The molecule has 1 unspecified atom stereocenters. The Hall–Kier alpha value is -4.97. The summed E-state index contributed by atoms with van der Waals surface area (Å²) < 4.78 is 15.6. The van der Waals surface area contributed by atoms with Gasteiger partial charge in [0.1, 0.15) is 33.9 Å². The summed E-state index contributed by atoms with van der Waals surface area (Å²) >= 11 is 1.28. The Morgan fingerprint density at radius 3 is 2.52 bits per heavy atom. The quantitative estimate of drug-likeness (QED) is 0.222. The molecule has 0 spiro atoms. The summed E-state index contributed by atoms with van der Waals surface area (Å²) in [5.74, 6) is 1.09. The molecule has 7 rings (SSSR count). The van der Waals surface area contributed by atoms with Crippen LogP contribution in [-0.2, 0) is 11.2 Å². The fourth-order valence-electron chi connectivity index (χ4n) is 6.34. The first-order valence-corrected chi connectivity index (χ1v) is 16.8. The maximum Gasteiger partial charge on any atom is 0.237 e. The molecule has 0 saturated carbocycles. The molecule has 246 valence electrons. The number of aromatic nitrogens is 5. The molecule has 1 aromatic carbocycles. The third kappa shape index (κ3) is 6.19. The summed E-state index contributed by atoms with van der Waals surface area (Å²) in [6.45, 7) is 3.97. The first-order valence-electron chi connectivity index (χ1n) is 16.0. The minimum absolute atomic E-state index is 0.0470. The maximum absolute atomic E-state index is 13.6. The number of nitriles is 1. The van der Waals surface area contributed by atoms with Gasteiger partial charge in [-0.2, -0.15) is 5.26 Å². The third-order valence-electron chi connectivity index (χ3n) is 8.96. The van der Waals surface area contributed by atoms with Crippen LogP contribution in [0.4, 0.5) is 21.3 Å². The molecule has 2 aliphatic heterocycles. The molecule has 2 fully saturated rings. The van der Waals surface area contributed by atoms with Crippen LogP contribution in [0.25, 0.3) is 28.0 Å². The average Bonchev–Trinajstić information content (AvgIpc) is 3.85. The van der Waals surface area contributed by atoms with E-state index in [0.717, 1.165) is 54.2 Å². The van der Waals surface area contributed by atoms with Crippen LogP contribution in [0.15, 0.2) is 55.0 Å². The number of halogens is 1. The van der Waals surface area contributed by atoms with Crippen LogP contribution in [0.2, 0.25) is 0 Å². The van der Waals surface area contributed by atoms with Crippen LogP contribution in [0.5, 0.6) is 0 Å². The first-order chi connectivity index (χ1) is 23.3. The summed E-state index contributed by atoms with van der Waals surface area (Å²) in [6, 6.07) is 12.0. The van der Waals surface area contributed by atoms with Gasteiger partial charge in [0.15, 0.2) is 5.13 Å². The number of hydrogen-bond acceptors (Lipinski definition) is 11. The Morgan fingerprint density at radius 1 is 1.12 bits per heavy atom. The van der Waals surface area contributed by atoms with Gasteiger partial charge in [0.05, 0.1) is 17.8 Å². The highest BCUT2D eigenvalue weighted by molar-refractivity contribution is 7.16. The van der Waals surface area contributed by atoms with Gasteiger partial charge in [-0.05, 0) is 62.1 Å². The number of hydrogen-bond donors (Lipinski definition) is 3. The number of piperidine rings is 1. The molecule has 48 heavy (non-hydrogen) atoms. The Bertz CT molecular complexity index is 1980. The molecule has 0 aliphatic carbocycles. The molecule has 2 aliphatic rings. The number of fused-ring (bicyclic) bond motifs is 1. The van der Waals surface area contributed by atoms with Gasteiger partial charge in [-0.15, -0.1) is 0 Å². The van der Waals surface area contributed by atoms with Crippen molar-refractivity contribution in [2.75, 3.05) is 36.5 Å². The number of benzene rings is 1. The highest BCUT2D eigenvalue weighted by atomic mass is 32.1. The van der Waals surface area contributed by atoms with E-state index in [1.807, 2.05) is 54.0 Å². The average molecular weight is 667 g/mol. The second-order valence-corrected chi connectivity index (χ2v) is 13.1. The Labute approximate surface area is 280 Å². The summed E-state index contributed by atoms with van der Waals surface area (Å²) in [7, 11) is 1.91. The summed E-state index contributed by atoms with van der Waals surface area (Å²) in [4.78, 5) is 36.1. The number of imidazole rings is 1. The maximum atomic E-state index is 13.6. The van der Waals surface area contributed by atoms with E-state index in [-0.39, 0.29) is 23.8 Å². The van der Waals surface area contributed by atoms with Crippen molar-refractivity contribution in [3.05, 3.63) is 71.4 Å². The number of pyridine rings is 1. The molecule has 0 bridgehead atoms. The van der Waals surface area contributed by atoms with Gasteiger partial charge in [-0.3, -0.25) is 9.20 Å². The number of β-amino-alcohol motifs (C(OH)–C–C–N with tert-alkyl or cyclic N) is 1. The van der Waals surface area contributed by atoms with Crippen LogP contribution in [-0.4, -0.2) is 80.2 Å². The third-order valence-corrected chi connectivity index (χ3v) is 9.99. The minimum atomic E-state index is -0.465. The minimum Gasteiger partial charge on any atom is -0.392 e. The number of nitrogens with one attached hydrogen (secondary N) is 2. The predicted molar refractivity (Wildman–Crippen MR) is 182 cm³/mol. The van der Waals surface area contributed by atoms with Crippen molar-refractivity contribution < 1.29 is 14.3 Å². The zero-order valence-electron chi connectivity index (χ0n) is 26.6. The number of amides is 1. The van der Waals surface area contributed by atoms with E-state index in [1.165, 1.54) is 23.5 Å². The number of thiazole rings is 1. The normalized spacial score (nSPS) is 18.3. The van der Waals surface area contributed by atoms with Crippen LogP contribution >= 0.6 is 11.3 Å². The smallest absolute Gasteiger partial charge is 0.237 e. The lowest BCUT2D eigenvalue weighted by Gasteiger charge is -2.32. The molecule has 14 heteroatoms. The van der Waals surface area contributed by atoms with Crippen molar-refractivity contribution in [3.8, 4) is 28.5 Å². The van der Waals surface area contributed by atoms with E-state index in [1.54, 1.807) is 12.1 Å². The van der Waals surface area contributed by atoms with Gasteiger partial charge in [0.25, 0.3) is 0 Å². The lowest BCUT2D eigenvalue weighted by Crippen LogP contribution is -2.49. The Morgan fingerprint density at radius 2 is 1.85 bits per heavy atom. The van der Waals surface area contributed by atoms with Gasteiger partial charge < -0.3 is 25.5 Å². The van der Waals surface area contributed by atoms with Crippen molar-refractivity contribution in [2.24, 2.45) is 0 Å². The second-order valence-electron chi connectivity index (χ2n) is 12.1. The zero-order valence-corrected chi connectivity index (χ0v) is 27.4. The molecule has 4 aromatic heterocycles. The van der Waals surface area contributed by atoms with Gasteiger partial charge >= 0.3 is 0 Å². The van der Waals surface area contributed by atoms with E-state index >= 15 is 0 Å². The van der Waals surface area contributed by atoms with Crippen molar-refractivity contribution in [3.63, 3.8) is 0 Å². The van der Waals surface area contributed by atoms with E-state index in [0.29, 0.717) is 46.6 Å². The molecule has 3 N–H and O–H groups in total. The number of carbonyl (C=O) groups is 1.